The van der Waals surface area contributed by atoms with Gasteiger partial charge in [0.05, 0.1) is 10.6 Å². The standard InChI is InChI=1S/C31H33ClFN3O6S/c1-21(31(38)34-25-4-2-3-5-25)35(19-22-6-8-23(32)9-7-22)30(37)20-36(26-12-10-24(33)11-13-26)43(39,40)27-14-15-28-29(18-27)42-17-16-41-28/h6-15,18,21,25H,2-5,16-17,19-20H2,1H3,(H,34,38). The first-order valence-corrected chi connectivity index (χ1v) is 16.0. The van der Waals surface area contributed by atoms with Crippen molar-refractivity contribution in [1.29, 1.82) is 0 Å². The molecule has 1 N–H and O–H groups in total. The van der Waals surface area contributed by atoms with Gasteiger partial charge in [-0.3, -0.25) is 13.9 Å². The normalized spacial score (nSPS) is 15.5. The number of fused-ring (bicyclic) bond motifs is 1. The number of nitrogens with one attached hydrogen (secondary N) is 1. The number of rotatable bonds is 10. The van der Waals surface area contributed by atoms with Crippen LogP contribution in [0.25, 0.3) is 0 Å². The van der Waals surface area contributed by atoms with E-state index in [4.69, 9.17) is 21.1 Å². The molecule has 0 bridgehead atoms. The minimum atomic E-state index is -4.36. The number of sulfonamides is 1. The van der Waals surface area contributed by atoms with Crippen LogP contribution in [0, 0.1) is 5.82 Å². The number of ether oxygens (including phenoxy) is 2. The lowest BCUT2D eigenvalue weighted by Gasteiger charge is -2.32. The van der Waals surface area contributed by atoms with Crippen LogP contribution in [0.1, 0.15) is 38.2 Å². The molecule has 0 aromatic heterocycles. The molecule has 0 spiro atoms. The molecule has 12 heteroatoms. The van der Waals surface area contributed by atoms with Crippen LogP contribution in [0.3, 0.4) is 0 Å². The summed E-state index contributed by atoms with van der Waals surface area (Å²) in [6.07, 6.45) is 3.79. The first-order chi connectivity index (χ1) is 20.6. The lowest BCUT2D eigenvalue weighted by molar-refractivity contribution is -0.139. The van der Waals surface area contributed by atoms with E-state index < -0.39 is 34.3 Å². The lowest BCUT2D eigenvalue weighted by atomic mass is 10.1. The van der Waals surface area contributed by atoms with Crippen molar-refractivity contribution in [3.8, 4) is 11.5 Å². The second-order valence-corrected chi connectivity index (χ2v) is 12.9. The quantitative estimate of drug-likeness (QED) is 0.341. The van der Waals surface area contributed by atoms with Crippen LogP contribution in [-0.2, 0) is 26.2 Å². The second kappa shape index (κ2) is 13.2. The number of halogens is 2. The van der Waals surface area contributed by atoms with Gasteiger partial charge in [-0.25, -0.2) is 12.8 Å². The van der Waals surface area contributed by atoms with Gasteiger partial charge in [0.15, 0.2) is 11.5 Å². The number of nitrogens with zero attached hydrogens (tertiary/aromatic N) is 2. The lowest BCUT2D eigenvalue weighted by Crippen LogP contribution is -2.52. The summed E-state index contributed by atoms with van der Waals surface area (Å²) in [5.41, 5.74) is 0.792. The van der Waals surface area contributed by atoms with Crippen LogP contribution in [0.15, 0.2) is 71.6 Å². The molecule has 1 heterocycles. The summed E-state index contributed by atoms with van der Waals surface area (Å²) in [5, 5.41) is 3.55. The maximum absolute atomic E-state index is 14.1. The Morgan fingerprint density at radius 1 is 0.977 bits per heavy atom. The van der Waals surface area contributed by atoms with Gasteiger partial charge >= 0.3 is 0 Å². The van der Waals surface area contributed by atoms with Gasteiger partial charge in [-0.15, -0.1) is 0 Å². The molecule has 1 aliphatic carbocycles. The first kappa shape index (κ1) is 30.6. The highest BCUT2D eigenvalue weighted by Crippen LogP contribution is 2.34. The van der Waals surface area contributed by atoms with Crippen LogP contribution >= 0.6 is 11.6 Å². The van der Waals surface area contributed by atoms with E-state index in [2.05, 4.69) is 5.32 Å². The van der Waals surface area contributed by atoms with E-state index in [1.165, 1.54) is 35.2 Å². The van der Waals surface area contributed by atoms with Crippen molar-refractivity contribution in [2.45, 2.75) is 56.1 Å². The molecule has 0 radical (unpaired) electrons. The van der Waals surface area contributed by atoms with E-state index in [1.807, 2.05) is 0 Å². The van der Waals surface area contributed by atoms with Gasteiger partial charge < -0.3 is 19.7 Å². The Labute approximate surface area is 255 Å². The van der Waals surface area contributed by atoms with Gasteiger partial charge in [-0.2, -0.15) is 0 Å². The SMILES string of the molecule is CC(C(=O)NC1CCCC1)N(Cc1ccc(Cl)cc1)C(=O)CN(c1ccc(F)cc1)S(=O)(=O)c1ccc2c(c1)OCCO2. The smallest absolute Gasteiger partial charge is 0.264 e. The molecule has 2 amide bonds. The highest BCUT2D eigenvalue weighted by Gasteiger charge is 2.34. The summed E-state index contributed by atoms with van der Waals surface area (Å²) >= 11 is 6.06. The molecule has 1 fully saturated rings. The summed E-state index contributed by atoms with van der Waals surface area (Å²) in [5.74, 6) is -0.829. The molecule has 9 nitrogen and oxygen atoms in total. The van der Waals surface area contributed by atoms with Gasteiger partial charge in [0.25, 0.3) is 10.0 Å². The fourth-order valence-electron chi connectivity index (χ4n) is 5.21. The van der Waals surface area contributed by atoms with E-state index in [0.717, 1.165) is 42.1 Å². The summed E-state index contributed by atoms with van der Waals surface area (Å²) in [7, 11) is -4.36. The number of anilines is 1. The van der Waals surface area contributed by atoms with Crippen LogP contribution in [0.4, 0.5) is 10.1 Å². The minimum Gasteiger partial charge on any atom is -0.486 e. The fourth-order valence-corrected chi connectivity index (χ4v) is 6.76. The Morgan fingerprint density at radius 2 is 1.63 bits per heavy atom. The zero-order valence-corrected chi connectivity index (χ0v) is 25.2. The number of carbonyl (C=O) groups excluding carboxylic acids is 2. The second-order valence-electron chi connectivity index (χ2n) is 10.6. The summed E-state index contributed by atoms with van der Waals surface area (Å²) < 4.78 is 54.0. The zero-order chi connectivity index (χ0) is 30.6. The van der Waals surface area contributed by atoms with Crippen molar-refractivity contribution in [3.63, 3.8) is 0 Å². The highest BCUT2D eigenvalue weighted by atomic mass is 35.5. The van der Waals surface area contributed by atoms with Crippen molar-refractivity contribution in [1.82, 2.24) is 10.2 Å². The zero-order valence-electron chi connectivity index (χ0n) is 23.7. The molecule has 1 unspecified atom stereocenters. The molecular formula is C31H33ClFN3O6S. The molecule has 3 aromatic rings. The molecule has 1 aliphatic heterocycles. The summed E-state index contributed by atoms with van der Waals surface area (Å²) in [6, 6.07) is 15.0. The third-order valence-corrected chi connectivity index (χ3v) is 9.65. The predicted molar refractivity (Wildman–Crippen MR) is 160 cm³/mol. The number of carbonyl (C=O) groups is 2. The maximum Gasteiger partial charge on any atom is 0.264 e. The van der Waals surface area contributed by atoms with E-state index in [1.54, 1.807) is 31.2 Å². The number of hydrogen-bond donors (Lipinski definition) is 1. The maximum atomic E-state index is 14.1. The molecule has 5 rings (SSSR count). The molecule has 1 saturated carbocycles. The van der Waals surface area contributed by atoms with Crippen molar-refractivity contribution >= 4 is 39.1 Å². The third kappa shape index (κ3) is 7.22. The van der Waals surface area contributed by atoms with Crippen LogP contribution < -0.4 is 19.1 Å². The van der Waals surface area contributed by atoms with E-state index >= 15 is 0 Å². The summed E-state index contributed by atoms with van der Waals surface area (Å²) in [4.78, 5) is 28.6. The van der Waals surface area contributed by atoms with Crippen molar-refractivity contribution in [2.75, 3.05) is 24.1 Å². The van der Waals surface area contributed by atoms with Crippen molar-refractivity contribution in [2.24, 2.45) is 0 Å². The average molecular weight is 630 g/mol. The van der Waals surface area contributed by atoms with Crippen molar-refractivity contribution < 1.29 is 31.9 Å². The number of hydrogen-bond acceptors (Lipinski definition) is 6. The minimum absolute atomic E-state index is 0.0359. The van der Waals surface area contributed by atoms with E-state index in [-0.39, 0.29) is 41.4 Å². The van der Waals surface area contributed by atoms with Gasteiger partial charge in [0.2, 0.25) is 11.8 Å². The average Bonchev–Trinajstić information content (AvgIpc) is 3.52. The molecule has 3 aromatic carbocycles. The number of amides is 2. The van der Waals surface area contributed by atoms with E-state index in [0.29, 0.717) is 22.9 Å². The van der Waals surface area contributed by atoms with Gasteiger partial charge in [0.1, 0.15) is 31.6 Å². The Balaban J connectivity index is 1.48. The Bertz CT molecular complexity index is 1560. The van der Waals surface area contributed by atoms with Crippen LogP contribution in [0.2, 0.25) is 5.02 Å². The first-order valence-electron chi connectivity index (χ1n) is 14.1. The number of benzene rings is 3. The van der Waals surface area contributed by atoms with Crippen molar-refractivity contribution in [3.05, 3.63) is 83.1 Å². The third-order valence-electron chi connectivity index (χ3n) is 7.63. The van der Waals surface area contributed by atoms with Crippen LogP contribution in [-0.4, -0.2) is 57.0 Å². The van der Waals surface area contributed by atoms with Gasteiger partial charge in [0, 0.05) is 23.7 Å². The van der Waals surface area contributed by atoms with Crippen LogP contribution in [0.5, 0.6) is 11.5 Å². The Hall–Kier alpha value is -3.83. The predicted octanol–water partition coefficient (Wildman–Crippen LogP) is 4.92. The summed E-state index contributed by atoms with van der Waals surface area (Å²) in [6.45, 7) is 1.62. The molecule has 0 saturated heterocycles. The molecular weight excluding hydrogens is 597 g/mol. The highest BCUT2D eigenvalue weighted by molar-refractivity contribution is 7.92. The van der Waals surface area contributed by atoms with E-state index in [9.17, 15) is 22.4 Å². The Kier molecular flexibility index (Phi) is 9.41. The Morgan fingerprint density at radius 3 is 2.30 bits per heavy atom. The molecule has 2 aliphatic rings. The van der Waals surface area contributed by atoms with Gasteiger partial charge in [-0.1, -0.05) is 36.6 Å². The van der Waals surface area contributed by atoms with Gasteiger partial charge in [-0.05, 0) is 73.9 Å². The molecule has 43 heavy (non-hydrogen) atoms. The topological polar surface area (TPSA) is 105 Å². The fraction of sp³-hybridized carbons (Fsp3) is 0.355. The molecule has 1 atom stereocenters. The monoisotopic (exact) mass is 629 g/mol. The largest absolute Gasteiger partial charge is 0.486 e. The molecule has 228 valence electrons.